The summed E-state index contributed by atoms with van der Waals surface area (Å²) in [7, 11) is 0. The van der Waals surface area contributed by atoms with E-state index in [1.165, 1.54) is 35.0 Å². The van der Waals surface area contributed by atoms with Gasteiger partial charge in [0.15, 0.2) is 11.0 Å². The molecule has 1 aliphatic carbocycles. The van der Waals surface area contributed by atoms with Gasteiger partial charge in [-0.1, -0.05) is 49.7 Å². The van der Waals surface area contributed by atoms with Crippen LogP contribution in [0.25, 0.3) is 0 Å². The number of aromatic nitrogens is 3. The lowest BCUT2D eigenvalue weighted by molar-refractivity contribution is -0.113. The van der Waals surface area contributed by atoms with Crippen LogP contribution in [0.5, 0.6) is 5.75 Å². The fourth-order valence-electron chi connectivity index (χ4n) is 4.23. The number of anilines is 1. The van der Waals surface area contributed by atoms with Crippen molar-refractivity contribution in [1.82, 2.24) is 14.8 Å². The molecule has 4 rings (SSSR count). The van der Waals surface area contributed by atoms with Crippen molar-refractivity contribution < 1.29 is 9.53 Å². The van der Waals surface area contributed by atoms with Crippen LogP contribution in [0.3, 0.4) is 0 Å². The number of nitrogens with one attached hydrogen (secondary N) is 1. The van der Waals surface area contributed by atoms with E-state index in [2.05, 4.69) is 47.2 Å². The third kappa shape index (κ3) is 6.37. The van der Waals surface area contributed by atoms with E-state index in [1.54, 1.807) is 17.4 Å². The van der Waals surface area contributed by atoms with Crippen molar-refractivity contribution in [1.29, 1.82) is 5.26 Å². The van der Waals surface area contributed by atoms with E-state index in [4.69, 9.17) is 4.74 Å². The van der Waals surface area contributed by atoms with Gasteiger partial charge in [-0.15, -0.1) is 28.1 Å². The first-order valence-corrected chi connectivity index (χ1v) is 14.1. The Labute approximate surface area is 220 Å². The van der Waals surface area contributed by atoms with Crippen LogP contribution in [0.15, 0.2) is 42.1 Å². The largest absolute Gasteiger partial charge is 0.486 e. The van der Waals surface area contributed by atoms with E-state index in [0.717, 1.165) is 43.4 Å². The number of carbonyl (C=O) groups excluding carboxylic acids is 1. The first-order valence-electron chi connectivity index (χ1n) is 12.3. The van der Waals surface area contributed by atoms with Gasteiger partial charge in [-0.3, -0.25) is 9.36 Å². The standard InChI is InChI=1S/C27H31N5O2S2/c1-3-15-32-24(17-34-20-13-11-19(4-2)12-14-20)30-31-27(32)35-18-25(33)29-26-22(16-28)21-9-7-5-6-8-10-23(21)36-26/h3,11-14H,1,4-10,15,17-18H2,2H3,(H,29,33). The molecule has 0 aliphatic heterocycles. The molecule has 0 unspecified atom stereocenters. The van der Waals surface area contributed by atoms with Crippen LogP contribution in [-0.2, 0) is 37.2 Å². The molecule has 188 valence electrons. The summed E-state index contributed by atoms with van der Waals surface area (Å²) >= 11 is 2.87. The Hall–Kier alpha value is -3.09. The molecule has 7 nitrogen and oxygen atoms in total. The lowest BCUT2D eigenvalue weighted by atomic mass is 9.97. The Kier molecular flexibility index (Phi) is 9.20. The van der Waals surface area contributed by atoms with Crippen LogP contribution in [0.4, 0.5) is 5.00 Å². The Balaban J connectivity index is 1.39. The molecule has 9 heteroatoms. The van der Waals surface area contributed by atoms with Gasteiger partial charge < -0.3 is 10.1 Å². The number of nitriles is 1. The molecule has 36 heavy (non-hydrogen) atoms. The highest BCUT2D eigenvalue weighted by atomic mass is 32.2. The molecule has 0 atom stereocenters. The molecule has 1 N–H and O–H groups in total. The van der Waals surface area contributed by atoms with Gasteiger partial charge in [-0.25, -0.2) is 0 Å². The van der Waals surface area contributed by atoms with Crippen LogP contribution in [-0.4, -0.2) is 26.4 Å². The maximum Gasteiger partial charge on any atom is 0.235 e. The molecule has 0 radical (unpaired) electrons. The van der Waals surface area contributed by atoms with Gasteiger partial charge in [-0.2, -0.15) is 5.26 Å². The molecule has 1 aliphatic rings. The fraction of sp³-hybridized carbons (Fsp3) is 0.407. The van der Waals surface area contributed by atoms with Crippen molar-refractivity contribution in [3.63, 3.8) is 0 Å². The monoisotopic (exact) mass is 521 g/mol. The van der Waals surface area contributed by atoms with Crippen LogP contribution >= 0.6 is 23.1 Å². The number of hydrogen-bond donors (Lipinski definition) is 1. The van der Waals surface area contributed by atoms with E-state index < -0.39 is 0 Å². The van der Waals surface area contributed by atoms with Gasteiger partial charge in [0.05, 0.1) is 11.3 Å². The number of nitrogens with zero attached hydrogens (tertiary/aromatic N) is 4. The highest BCUT2D eigenvalue weighted by molar-refractivity contribution is 7.99. The van der Waals surface area contributed by atoms with Gasteiger partial charge in [-0.05, 0) is 55.4 Å². The molecule has 2 heterocycles. The molecule has 1 amide bonds. The van der Waals surface area contributed by atoms with Gasteiger partial charge in [0.2, 0.25) is 5.91 Å². The normalized spacial score (nSPS) is 13.2. The number of rotatable bonds is 10. The van der Waals surface area contributed by atoms with E-state index in [0.29, 0.717) is 28.1 Å². The molecule has 0 saturated carbocycles. The summed E-state index contributed by atoms with van der Waals surface area (Å²) in [5, 5.41) is 22.6. The number of hydrogen-bond acceptors (Lipinski definition) is 7. The number of benzene rings is 1. The summed E-state index contributed by atoms with van der Waals surface area (Å²) < 4.78 is 7.81. The van der Waals surface area contributed by atoms with Crippen LogP contribution in [0.2, 0.25) is 0 Å². The van der Waals surface area contributed by atoms with E-state index >= 15 is 0 Å². The minimum atomic E-state index is -0.160. The van der Waals surface area contributed by atoms with Crippen molar-refractivity contribution in [2.75, 3.05) is 11.1 Å². The Morgan fingerprint density at radius 2 is 2.03 bits per heavy atom. The first kappa shape index (κ1) is 26.0. The topological polar surface area (TPSA) is 92.8 Å². The van der Waals surface area contributed by atoms with Crippen molar-refractivity contribution >= 4 is 34.0 Å². The van der Waals surface area contributed by atoms with Gasteiger partial charge in [0, 0.05) is 11.4 Å². The summed E-state index contributed by atoms with van der Waals surface area (Å²) in [6, 6.07) is 10.3. The minimum absolute atomic E-state index is 0.160. The second kappa shape index (κ2) is 12.7. The number of amides is 1. The third-order valence-electron chi connectivity index (χ3n) is 6.17. The number of fused-ring (bicyclic) bond motifs is 1. The van der Waals surface area contributed by atoms with Gasteiger partial charge >= 0.3 is 0 Å². The van der Waals surface area contributed by atoms with E-state index in [9.17, 15) is 10.1 Å². The summed E-state index contributed by atoms with van der Waals surface area (Å²) in [6.45, 7) is 6.74. The SMILES string of the molecule is C=CCn1c(COc2ccc(CC)cc2)nnc1SCC(=O)Nc1sc2c(c1C#N)CCCCCC2. The predicted octanol–water partition coefficient (Wildman–Crippen LogP) is 5.93. The molecule has 0 spiro atoms. The molecular weight excluding hydrogens is 490 g/mol. The maximum absolute atomic E-state index is 12.8. The predicted molar refractivity (Wildman–Crippen MR) is 145 cm³/mol. The summed E-state index contributed by atoms with van der Waals surface area (Å²) in [6.07, 6.45) is 9.30. The second-order valence-corrected chi connectivity index (χ2v) is 10.7. The molecule has 1 aromatic carbocycles. The summed E-state index contributed by atoms with van der Waals surface area (Å²) in [4.78, 5) is 14.0. The summed E-state index contributed by atoms with van der Waals surface area (Å²) in [5.74, 6) is 1.45. The average molecular weight is 522 g/mol. The number of aryl methyl sites for hydroxylation is 2. The first-order chi connectivity index (χ1) is 17.6. The molecule has 0 fully saturated rings. The zero-order chi connectivity index (χ0) is 25.3. The molecule has 0 bridgehead atoms. The Morgan fingerprint density at radius 1 is 1.25 bits per heavy atom. The Bertz CT molecular complexity index is 1240. The Morgan fingerprint density at radius 3 is 2.75 bits per heavy atom. The number of carbonyl (C=O) groups is 1. The summed E-state index contributed by atoms with van der Waals surface area (Å²) in [5.41, 5.74) is 3.02. The van der Waals surface area contributed by atoms with Crippen LogP contribution < -0.4 is 10.1 Å². The number of thiophene rings is 1. The third-order valence-corrected chi connectivity index (χ3v) is 8.35. The van der Waals surface area contributed by atoms with Crippen molar-refractivity contribution in [3.8, 4) is 11.8 Å². The van der Waals surface area contributed by atoms with E-state index in [1.807, 2.05) is 16.7 Å². The molecule has 3 aromatic rings. The number of thioether (sulfide) groups is 1. The van der Waals surface area contributed by atoms with Crippen molar-refractivity contribution in [2.45, 2.75) is 70.2 Å². The number of allylic oxidation sites excluding steroid dienone is 1. The quantitative estimate of drug-likeness (QED) is 0.263. The van der Waals surface area contributed by atoms with Gasteiger partial charge in [0.25, 0.3) is 0 Å². The zero-order valence-electron chi connectivity index (χ0n) is 20.6. The minimum Gasteiger partial charge on any atom is -0.486 e. The lowest BCUT2D eigenvalue weighted by Gasteiger charge is -2.09. The zero-order valence-corrected chi connectivity index (χ0v) is 22.2. The molecule has 2 aromatic heterocycles. The second-order valence-electron chi connectivity index (χ2n) is 8.66. The highest BCUT2D eigenvalue weighted by Gasteiger charge is 2.21. The average Bonchev–Trinajstić information content (AvgIpc) is 3.41. The lowest BCUT2D eigenvalue weighted by Crippen LogP contribution is -2.15. The van der Waals surface area contributed by atoms with Crippen LogP contribution in [0, 0.1) is 11.3 Å². The number of ether oxygens (including phenoxy) is 1. The van der Waals surface area contributed by atoms with Crippen molar-refractivity contribution in [3.05, 3.63) is 64.3 Å². The molecular formula is C27H31N5O2S2. The fourth-order valence-corrected chi connectivity index (χ4v) is 6.26. The van der Waals surface area contributed by atoms with Crippen LogP contribution in [0.1, 0.15) is 60.0 Å². The smallest absolute Gasteiger partial charge is 0.235 e. The van der Waals surface area contributed by atoms with Crippen molar-refractivity contribution in [2.24, 2.45) is 0 Å². The molecule has 0 saturated heterocycles. The van der Waals surface area contributed by atoms with E-state index in [-0.39, 0.29) is 18.3 Å². The maximum atomic E-state index is 12.8. The van der Waals surface area contributed by atoms with Gasteiger partial charge in [0.1, 0.15) is 23.4 Å². The highest BCUT2D eigenvalue weighted by Crippen LogP contribution is 2.36.